The van der Waals surface area contributed by atoms with Crippen molar-refractivity contribution in [2.75, 3.05) is 16.3 Å². The smallest absolute Gasteiger partial charge is 0.411 e. The number of imide groups is 1. The highest BCUT2D eigenvalue weighted by molar-refractivity contribution is 6.37. The van der Waals surface area contributed by atoms with Gasteiger partial charge in [0, 0.05) is 35.5 Å². The summed E-state index contributed by atoms with van der Waals surface area (Å²) in [6.45, 7) is 2.05. The van der Waals surface area contributed by atoms with Gasteiger partial charge < -0.3 is 5.11 Å². The number of nitrogens with zero attached hydrogens (tertiary/aromatic N) is 4. The lowest BCUT2D eigenvalue weighted by Crippen LogP contribution is -2.35. The molecule has 8 nitrogen and oxygen atoms in total. The average molecular weight is 517 g/mol. The number of carbonyl (C=O) groups is 3. The third kappa shape index (κ3) is 3.38. The van der Waals surface area contributed by atoms with Crippen LogP contribution in [0.15, 0.2) is 48.8 Å². The minimum absolute atomic E-state index is 0.0877. The van der Waals surface area contributed by atoms with Crippen LogP contribution in [-0.4, -0.2) is 39.5 Å². The van der Waals surface area contributed by atoms with Crippen LogP contribution in [0.25, 0.3) is 21.9 Å². The second kappa shape index (κ2) is 8.35. The van der Waals surface area contributed by atoms with Crippen molar-refractivity contribution in [1.82, 2.24) is 9.97 Å². The molecule has 37 heavy (non-hydrogen) atoms. The summed E-state index contributed by atoms with van der Waals surface area (Å²) in [7, 11) is 0. The summed E-state index contributed by atoms with van der Waals surface area (Å²) in [5, 5.41) is 10.3. The predicted molar refractivity (Wildman–Crippen MR) is 136 cm³/mol. The maximum atomic E-state index is 15.6. The minimum atomic E-state index is -1.10. The van der Waals surface area contributed by atoms with Gasteiger partial charge in [-0.15, -0.1) is 0 Å². The monoisotopic (exact) mass is 516 g/mol. The maximum Gasteiger partial charge on any atom is 0.411 e. The van der Waals surface area contributed by atoms with Gasteiger partial charge in [0.25, 0.3) is 11.8 Å². The highest BCUT2D eigenvalue weighted by Crippen LogP contribution is 2.41. The third-order valence-electron chi connectivity index (χ3n) is 6.88. The van der Waals surface area contributed by atoms with Crippen molar-refractivity contribution in [3.63, 3.8) is 0 Å². The van der Waals surface area contributed by atoms with E-state index in [-0.39, 0.29) is 27.5 Å². The molecule has 4 heterocycles. The van der Waals surface area contributed by atoms with Gasteiger partial charge in [0.1, 0.15) is 11.6 Å². The quantitative estimate of drug-likeness (QED) is 0.346. The molecule has 0 fully saturated rings. The number of aromatic nitrogens is 2. The molecule has 10 heteroatoms. The number of carbonyl (C=O) groups excluding carboxylic acids is 2. The van der Waals surface area contributed by atoms with Crippen LogP contribution in [0.5, 0.6) is 0 Å². The first kappa shape index (κ1) is 23.1. The number of halogens is 2. The Morgan fingerprint density at radius 3 is 2.41 bits per heavy atom. The molecule has 1 N–H and O–H groups in total. The Kier molecular flexibility index (Phi) is 5.20. The zero-order chi connectivity index (χ0) is 26.0. The van der Waals surface area contributed by atoms with E-state index in [1.807, 2.05) is 0 Å². The molecule has 0 unspecified atom stereocenters. The largest absolute Gasteiger partial charge is 0.465 e. The van der Waals surface area contributed by atoms with Crippen molar-refractivity contribution in [2.24, 2.45) is 0 Å². The van der Waals surface area contributed by atoms with Crippen molar-refractivity contribution < 1.29 is 23.9 Å². The molecule has 2 aliphatic rings. The van der Waals surface area contributed by atoms with Crippen molar-refractivity contribution in [1.29, 1.82) is 0 Å². The highest BCUT2D eigenvalue weighted by atomic mass is 35.5. The Labute approximate surface area is 214 Å². The molecule has 2 aromatic heterocycles. The molecule has 0 spiro atoms. The van der Waals surface area contributed by atoms with E-state index in [2.05, 4.69) is 9.97 Å². The van der Waals surface area contributed by atoms with Crippen molar-refractivity contribution in [3.05, 3.63) is 82.0 Å². The maximum absolute atomic E-state index is 15.6. The zero-order valence-electron chi connectivity index (χ0n) is 19.5. The SMILES string of the molecule is Cc1c(-c2cc3cc(N4C(=O)c5ccccc5C4=O)ncc3c(Cl)c2F)cnc2c1N(C(=O)O)CCC2. The Morgan fingerprint density at radius 2 is 1.73 bits per heavy atom. The van der Waals surface area contributed by atoms with Gasteiger partial charge in [-0.05, 0) is 55.0 Å². The molecule has 3 amide bonds. The van der Waals surface area contributed by atoms with E-state index >= 15 is 4.39 Å². The van der Waals surface area contributed by atoms with Crippen LogP contribution in [0.4, 0.5) is 20.7 Å². The first-order valence-electron chi connectivity index (χ1n) is 11.5. The number of anilines is 2. The number of benzene rings is 2. The lowest BCUT2D eigenvalue weighted by Gasteiger charge is -2.29. The zero-order valence-corrected chi connectivity index (χ0v) is 20.2. The number of amides is 3. The lowest BCUT2D eigenvalue weighted by atomic mass is 9.95. The Morgan fingerprint density at radius 1 is 1.03 bits per heavy atom. The van der Waals surface area contributed by atoms with Crippen molar-refractivity contribution in [3.8, 4) is 11.1 Å². The van der Waals surface area contributed by atoms with Crippen LogP contribution in [0.2, 0.25) is 5.02 Å². The number of pyridine rings is 2. The number of aryl methyl sites for hydroxylation is 1. The normalized spacial score (nSPS) is 14.8. The number of fused-ring (bicyclic) bond motifs is 3. The first-order valence-corrected chi connectivity index (χ1v) is 11.9. The fourth-order valence-corrected chi connectivity index (χ4v) is 5.36. The van der Waals surface area contributed by atoms with E-state index in [1.54, 1.807) is 37.3 Å². The summed E-state index contributed by atoms with van der Waals surface area (Å²) in [6.07, 6.45) is 3.02. The van der Waals surface area contributed by atoms with Gasteiger partial charge in [-0.2, -0.15) is 0 Å². The molecule has 2 aliphatic heterocycles. The minimum Gasteiger partial charge on any atom is -0.465 e. The molecule has 0 bridgehead atoms. The molecule has 0 saturated heterocycles. The number of carboxylic acid groups (broad SMARTS) is 1. The number of hydrogen-bond donors (Lipinski definition) is 1. The predicted octanol–water partition coefficient (Wildman–Crippen LogP) is 5.63. The number of hydrogen-bond acceptors (Lipinski definition) is 5. The Bertz CT molecular complexity index is 1650. The first-order chi connectivity index (χ1) is 17.8. The van der Waals surface area contributed by atoms with Crippen molar-refractivity contribution >= 4 is 51.8 Å². The molecule has 2 aromatic carbocycles. The second-order valence-corrected chi connectivity index (χ2v) is 9.31. The summed E-state index contributed by atoms with van der Waals surface area (Å²) in [4.78, 5) is 48.6. The summed E-state index contributed by atoms with van der Waals surface area (Å²) >= 11 is 6.41. The standard InChI is InChI=1S/C27H18ClFN4O4/c1-13-18(11-30-20-7-4-8-32(24(13)20)27(36)37)17-9-14-10-21(31-12-19(14)22(28)23(17)29)33-25(34)15-5-2-3-6-16(15)26(33)35/h2-3,5-6,9-12H,4,7-8H2,1H3,(H,36,37). The summed E-state index contributed by atoms with van der Waals surface area (Å²) < 4.78 is 15.6. The van der Waals surface area contributed by atoms with Gasteiger partial charge in [0.05, 0.1) is 27.5 Å². The van der Waals surface area contributed by atoms with E-state index < -0.39 is 23.7 Å². The molecular weight excluding hydrogens is 499 g/mol. The summed E-state index contributed by atoms with van der Waals surface area (Å²) in [5.74, 6) is -1.61. The summed E-state index contributed by atoms with van der Waals surface area (Å²) in [5.41, 5.74) is 2.74. The van der Waals surface area contributed by atoms with Gasteiger partial charge in [-0.1, -0.05) is 23.7 Å². The third-order valence-corrected chi connectivity index (χ3v) is 7.25. The fourth-order valence-electron chi connectivity index (χ4n) is 5.10. The van der Waals surface area contributed by atoms with Gasteiger partial charge in [-0.25, -0.2) is 19.1 Å². The molecule has 0 saturated carbocycles. The van der Waals surface area contributed by atoms with Gasteiger partial charge >= 0.3 is 6.09 Å². The van der Waals surface area contributed by atoms with Crippen LogP contribution in [-0.2, 0) is 6.42 Å². The lowest BCUT2D eigenvalue weighted by molar-refractivity contribution is 0.0925. The highest BCUT2D eigenvalue weighted by Gasteiger charge is 2.37. The van der Waals surface area contributed by atoms with Gasteiger partial charge in [-0.3, -0.25) is 19.5 Å². The topological polar surface area (TPSA) is 104 Å². The van der Waals surface area contributed by atoms with Crippen LogP contribution < -0.4 is 9.80 Å². The van der Waals surface area contributed by atoms with Crippen molar-refractivity contribution in [2.45, 2.75) is 19.8 Å². The molecular formula is C27H18ClFN4O4. The van der Waals surface area contributed by atoms with E-state index in [0.717, 1.165) is 4.90 Å². The van der Waals surface area contributed by atoms with E-state index in [0.29, 0.717) is 52.7 Å². The van der Waals surface area contributed by atoms with Gasteiger partial charge in [0.15, 0.2) is 0 Å². The van der Waals surface area contributed by atoms with Crippen LogP contribution in [0.3, 0.4) is 0 Å². The average Bonchev–Trinajstić information content (AvgIpc) is 3.16. The molecule has 0 aliphatic carbocycles. The second-order valence-electron chi connectivity index (χ2n) is 8.94. The fraction of sp³-hybridized carbons (Fsp3) is 0.148. The van der Waals surface area contributed by atoms with E-state index in [4.69, 9.17) is 11.6 Å². The molecule has 6 rings (SSSR count). The van der Waals surface area contributed by atoms with Crippen LogP contribution in [0.1, 0.15) is 38.4 Å². The van der Waals surface area contributed by atoms with Gasteiger partial charge in [0.2, 0.25) is 0 Å². The van der Waals surface area contributed by atoms with Crippen LogP contribution in [0, 0.1) is 12.7 Å². The molecule has 4 aromatic rings. The molecule has 184 valence electrons. The Balaban J connectivity index is 1.50. The Hall–Kier alpha value is -4.37. The number of rotatable bonds is 2. The van der Waals surface area contributed by atoms with E-state index in [1.165, 1.54) is 23.4 Å². The summed E-state index contributed by atoms with van der Waals surface area (Å²) in [6, 6.07) is 9.56. The van der Waals surface area contributed by atoms with E-state index in [9.17, 15) is 19.5 Å². The molecule has 0 radical (unpaired) electrons. The molecule has 0 atom stereocenters. The van der Waals surface area contributed by atoms with Crippen LogP contribution >= 0.6 is 11.6 Å².